The second-order valence-electron chi connectivity index (χ2n) is 3.80. The van der Waals surface area contributed by atoms with Gasteiger partial charge in [-0.05, 0) is 12.1 Å². The first-order chi connectivity index (χ1) is 8.97. The van der Waals surface area contributed by atoms with Crippen molar-refractivity contribution in [1.82, 2.24) is 4.31 Å². The summed E-state index contributed by atoms with van der Waals surface area (Å²) in [5.41, 5.74) is 5.93. The maximum atomic E-state index is 12.4. The number of hydrogen-bond donors (Lipinski definition) is 1. The molecule has 0 aliphatic heterocycles. The SMILES string of the molecule is C=CCN(CC=C)S(=O)(=O)c1ccc(OC)cc1N. The average Bonchev–Trinajstić information content (AvgIpc) is 2.38. The molecule has 0 heterocycles. The summed E-state index contributed by atoms with van der Waals surface area (Å²) in [5.74, 6) is 0.510. The molecule has 0 saturated carbocycles. The number of methoxy groups -OCH3 is 1. The van der Waals surface area contributed by atoms with Crippen molar-refractivity contribution in [3.05, 3.63) is 43.5 Å². The Hall–Kier alpha value is -1.79. The summed E-state index contributed by atoms with van der Waals surface area (Å²) < 4.78 is 31.1. The summed E-state index contributed by atoms with van der Waals surface area (Å²) in [6.07, 6.45) is 3.03. The molecule has 0 spiro atoms. The van der Waals surface area contributed by atoms with Crippen LogP contribution in [0.15, 0.2) is 48.4 Å². The van der Waals surface area contributed by atoms with Crippen LogP contribution in [0, 0.1) is 0 Å². The van der Waals surface area contributed by atoms with Crippen molar-refractivity contribution >= 4 is 15.7 Å². The van der Waals surface area contributed by atoms with Crippen molar-refractivity contribution in [3.8, 4) is 5.75 Å². The molecule has 5 nitrogen and oxygen atoms in total. The second-order valence-corrected chi connectivity index (χ2v) is 5.71. The Labute approximate surface area is 114 Å². The fourth-order valence-electron chi connectivity index (χ4n) is 1.59. The number of hydrogen-bond acceptors (Lipinski definition) is 4. The summed E-state index contributed by atoms with van der Waals surface area (Å²) in [6, 6.07) is 4.47. The molecule has 0 radical (unpaired) electrons. The van der Waals surface area contributed by atoms with Crippen molar-refractivity contribution in [2.45, 2.75) is 4.90 Å². The molecule has 104 valence electrons. The van der Waals surface area contributed by atoms with E-state index >= 15 is 0 Å². The van der Waals surface area contributed by atoms with E-state index < -0.39 is 10.0 Å². The first-order valence-electron chi connectivity index (χ1n) is 5.62. The highest BCUT2D eigenvalue weighted by Crippen LogP contribution is 2.26. The Morgan fingerprint density at radius 1 is 1.32 bits per heavy atom. The second kappa shape index (κ2) is 6.40. The number of ether oxygens (including phenoxy) is 1. The minimum atomic E-state index is -3.67. The summed E-state index contributed by atoms with van der Waals surface area (Å²) in [4.78, 5) is 0.0528. The zero-order valence-electron chi connectivity index (χ0n) is 10.9. The zero-order valence-corrected chi connectivity index (χ0v) is 11.7. The molecule has 2 N–H and O–H groups in total. The van der Waals surface area contributed by atoms with E-state index in [1.165, 1.54) is 35.7 Å². The lowest BCUT2D eigenvalue weighted by molar-refractivity contribution is 0.414. The summed E-state index contributed by atoms with van der Waals surface area (Å²) >= 11 is 0. The molecular formula is C13H18N2O3S. The van der Waals surface area contributed by atoms with Crippen LogP contribution in [0.5, 0.6) is 5.75 Å². The van der Waals surface area contributed by atoms with Gasteiger partial charge in [0.2, 0.25) is 10.0 Å². The lowest BCUT2D eigenvalue weighted by atomic mass is 10.3. The Balaban J connectivity index is 3.24. The van der Waals surface area contributed by atoms with Crippen LogP contribution in [0.3, 0.4) is 0 Å². The standard InChI is InChI=1S/C13H18N2O3S/c1-4-8-15(9-5-2)19(16,17)13-7-6-11(18-3)10-12(13)14/h4-7,10H,1-2,8-9,14H2,3H3. The van der Waals surface area contributed by atoms with Gasteiger partial charge >= 0.3 is 0 Å². The maximum absolute atomic E-state index is 12.4. The Morgan fingerprint density at radius 3 is 2.32 bits per heavy atom. The van der Waals surface area contributed by atoms with E-state index in [9.17, 15) is 8.42 Å². The number of sulfonamides is 1. The normalized spacial score (nSPS) is 11.3. The van der Waals surface area contributed by atoms with Gasteiger partial charge in [0.1, 0.15) is 10.6 Å². The molecule has 1 aromatic carbocycles. The van der Waals surface area contributed by atoms with Crippen LogP contribution in [-0.4, -0.2) is 32.9 Å². The highest BCUT2D eigenvalue weighted by atomic mass is 32.2. The monoisotopic (exact) mass is 282 g/mol. The van der Waals surface area contributed by atoms with Crippen molar-refractivity contribution < 1.29 is 13.2 Å². The molecule has 19 heavy (non-hydrogen) atoms. The van der Waals surface area contributed by atoms with E-state index in [0.717, 1.165) is 0 Å². The maximum Gasteiger partial charge on any atom is 0.245 e. The molecule has 1 aromatic rings. The third kappa shape index (κ3) is 3.36. The molecule has 0 unspecified atom stereocenters. The lowest BCUT2D eigenvalue weighted by Gasteiger charge is -2.20. The highest BCUT2D eigenvalue weighted by molar-refractivity contribution is 7.89. The van der Waals surface area contributed by atoms with Crippen LogP contribution in [0.1, 0.15) is 0 Å². The van der Waals surface area contributed by atoms with Crippen LogP contribution in [0.2, 0.25) is 0 Å². The van der Waals surface area contributed by atoms with Crippen LogP contribution in [-0.2, 0) is 10.0 Å². The lowest BCUT2D eigenvalue weighted by Crippen LogP contribution is -2.31. The Morgan fingerprint density at radius 2 is 1.89 bits per heavy atom. The molecule has 1 rings (SSSR count). The van der Waals surface area contributed by atoms with Gasteiger partial charge in [0.15, 0.2) is 0 Å². The highest BCUT2D eigenvalue weighted by Gasteiger charge is 2.24. The molecule has 0 bridgehead atoms. The number of nitrogen functional groups attached to an aromatic ring is 1. The van der Waals surface area contributed by atoms with Crippen LogP contribution < -0.4 is 10.5 Å². The molecule has 0 aliphatic carbocycles. The van der Waals surface area contributed by atoms with E-state index in [-0.39, 0.29) is 23.7 Å². The molecule has 0 fully saturated rings. The smallest absolute Gasteiger partial charge is 0.245 e. The van der Waals surface area contributed by atoms with E-state index in [1.807, 2.05) is 0 Å². The Bertz CT molecular complexity index is 557. The minimum Gasteiger partial charge on any atom is -0.497 e. The van der Waals surface area contributed by atoms with Crippen LogP contribution in [0.4, 0.5) is 5.69 Å². The van der Waals surface area contributed by atoms with Crippen molar-refractivity contribution in [1.29, 1.82) is 0 Å². The molecule has 0 aliphatic rings. The van der Waals surface area contributed by atoms with E-state index in [2.05, 4.69) is 13.2 Å². The number of nitrogens with zero attached hydrogens (tertiary/aromatic N) is 1. The minimum absolute atomic E-state index is 0.0528. The number of anilines is 1. The zero-order chi connectivity index (χ0) is 14.5. The van der Waals surface area contributed by atoms with Gasteiger partial charge in [-0.3, -0.25) is 0 Å². The first kappa shape index (κ1) is 15.3. The molecule has 0 aromatic heterocycles. The quantitative estimate of drug-likeness (QED) is 0.609. The Kier molecular flexibility index (Phi) is 5.14. The summed E-state index contributed by atoms with van der Waals surface area (Å²) in [5, 5.41) is 0. The predicted molar refractivity (Wildman–Crippen MR) is 76.6 cm³/mol. The molecule has 0 amide bonds. The van der Waals surface area contributed by atoms with E-state index in [0.29, 0.717) is 5.75 Å². The van der Waals surface area contributed by atoms with Crippen molar-refractivity contribution in [2.24, 2.45) is 0 Å². The molecular weight excluding hydrogens is 264 g/mol. The average molecular weight is 282 g/mol. The predicted octanol–water partition coefficient (Wildman–Crippen LogP) is 1.64. The van der Waals surface area contributed by atoms with Gasteiger partial charge in [0.05, 0.1) is 12.8 Å². The van der Waals surface area contributed by atoms with Gasteiger partial charge in [0, 0.05) is 19.2 Å². The van der Waals surface area contributed by atoms with Gasteiger partial charge in [-0.15, -0.1) is 13.2 Å². The molecule has 6 heteroatoms. The van der Waals surface area contributed by atoms with Gasteiger partial charge in [-0.25, -0.2) is 8.42 Å². The third-order valence-electron chi connectivity index (χ3n) is 2.50. The number of nitrogens with two attached hydrogens (primary N) is 1. The van der Waals surface area contributed by atoms with Crippen molar-refractivity contribution in [2.75, 3.05) is 25.9 Å². The number of rotatable bonds is 7. The fourth-order valence-corrected chi connectivity index (χ4v) is 3.06. The number of benzene rings is 1. The van der Waals surface area contributed by atoms with Crippen LogP contribution >= 0.6 is 0 Å². The molecule has 0 atom stereocenters. The van der Waals surface area contributed by atoms with E-state index in [1.54, 1.807) is 6.07 Å². The first-order valence-corrected chi connectivity index (χ1v) is 7.06. The summed E-state index contributed by atoms with van der Waals surface area (Å²) in [6.45, 7) is 7.48. The fraction of sp³-hybridized carbons (Fsp3) is 0.231. The van der Waals surface area contributed by atoms with Gasteiger partial charge in [-0.2, -0.15) is 4.31 Å². The van der Waals surface area contributed by atoms with Crippen LogP contribution in [0.25, 0.3) is 0 Å². The van der Waals surface area contributed by atoms with Crippen molar-refractivity contribution in [3.63, 3.8) is 0 Å². The largest absolute Gasteiger partial charge is 0.497 e. The van der Waals surface area contributed by atoms with E-state index in [4.69, 9.17) is 10.5 Å². The molecule has 0 saturated heterocycles. The van der Waals surface area contributed by atoms with Gasteiger partial charge in [-0.1, -0.05) is 12.2 Å². The third-order valence-corrected chi connectivity index (χ3v) is 4.41. The summed E-state index contributed by atoms with van der Waals surface area (Å²) in [7, 11) is -2.18. The topological polar surface area (TPSA) is 72.6 Å². The van der Waals surface area contributed by atoms with Gasteiger partial charge in [0.25, 0.3) is 0 Å². The van der Waals surface area contributed by atoms with Gasteiger partial charge < -0.3 is 10.5 Å².